The molecular weight excluding hydrogens is 342 g/mol. The first-order chi connectivity index (χ1) is 12.7. The Morgan fingerprint density at radius 2 is 1.78 bits per heavy atom. The molecule has 1 aliphatic carbocycles. The van der Waals surface area contributed by atoms with E-state index in [1.165, 1.54) is 12.5 Å². The lowest BCUT2D eigenvalue weighted by Gasteiger charge is -2.34. The monoisotopic (exact) mass is 375 g/mol. The molecule has 150 valence electrons. The molecule has 1 fully saturated rings. The Morgan fingerprint density at radius 1 is 1.15 bits per heavy atom. The number of nitrogens with one attached hydrogen (secondary N) is 1. The number of benzene rings is 1. The molecule has 0 saturated heterocycles. The SMILES string of the molecule is CC(=O)NC[C@]1(c2ccccc2)CC[C@H](O)[C@@H](N(C)C(=O)CN(C)C)CC1. The zero-order valence-corrected chi connectivity index (χ0v) is 16.9. The third kappa shape index (κ3) is 5.53. The van der Waals surface area contributed by atoms with E-state index in [1.54, 1.807) is 11.9 Å². The summed E-state index contributed by atoms with van der Waals surface area (Å²) in [5.41, 5.74) is 0.947. The van der Waals surface area contributed by atoms with Gasteiger partial charge in [0.25, 0.3) is 0 Å². The first kappa shape index (κ1) is 21.4. The first-order valence-corrected chi connectivity index (χ1v) is 9.63. The van der Waals surface area contributed by atoms with Crippen LogP contribution in [0.3, 0.4) is 0 Å². The summed E-state index contributed by atoms with van der Waals surface area (Å²) in [6.45, 7) is 2.40. The van der Waals surface area contributed by atoms with Gasteiger partial charge in [0.2, 0.25) is 11.8 Å². The van der Waals surface area contributed by atoms with E-state index in [1.807, 2.05) is 37.2 Å². The minimum atomic E-state index is -0.566. The van der Waals surface area contributed by atoms with Gasteiger partial charge < -0.3 is 20.2 Å². The van der Waals surface area contributed by atoms with Crippen molar-refractivity contribution >= 4 is 11.8 Å². The number of aliphatic hydroxyl groups is 1. The van der Waals surface area contributed by atoms with Gasteiger partial charge in [0.1, 0.15) is 0 Å². The highest BCUT2D eigenvalue weighted by Gasteiger charge is 2.39. The third-order valence-corrected chi connectivity index (χ3v) is 5.69. The summed E-state index contributed by atoms with van der Waals surface area (Å²) >= 11 is 0. The van der Waals surface area contributed by atoms with Crippen LogP contribution in [0.1, 0.15) is 38.2 Å². The molecule has 2 N–H and O–H groups in total. The summed E-state index contributed by atoms with van der Waals surface area (Å²) in [5.74, 6) is -0.0388. The van der Waals surface area contributed by atoms with E-state index < -0.39 is 6.10 Å². The summed E-state index contributed by atoms with van der Waals surface area (Å²) in [4.78, 5) is 27.6. The van der Waals surface area contributed by atoms with Crippen LogP contribution in [0, 0.1) is 0 Å². The van der Waals surface area contributed by atoms with Crippen LogP contribution in [0.5, 0.6) is 0 Å². The van der Waals surface area contributed by atoms with Crippen LogP contribution in [0.15, 0.2) is 30.3 Å². The predicted octanol–water partition coefficient (Wildman–Crippen LogP) is 1.38. The Balaban J connectivity index is 2.22. The molecule has 0 heterocycles. The summed E-state index contributed by atoms with van der Waals surface area (Å²) in [6, 6.07) is 9.98. The van der Waals surface area contributed by atoms with E-state index in [-0.39, 0.29) is 23.3 Å². The van der Waals surface area contributed by atoms with Crippen molar-refractivity contribution in [1.29, 1.82) is 0 Å². The number of likely N-dealkylation sites (N-methyl/N-ethyl adjacent to an activating group) is 2. The lowest BCUT2D eigenvalue weighted by molar-refractivity contribution is -0.135. The standard InChI is InChI=1S/C21H33N3O3/c1-16(25)22-15-21(17-8-6-5-7-9-17)12-10-18(19(26)11-13-21)24(4)20(27)14-23(2)3/h5-9,18-19,26H,10-15H2,1-4H3,(H,22,25)/t18-,19-,21+/m0/s1. The van der Waals surface area contributed by atoms with E-state index in [0.29, 0.717) is 25.9 Å². The molecule has 0 unspecified atom stereocenters. The Labute approximate surface area is 162 Å². The van der Waals surface area contributed by atoms with Crippen molar-refractivity contribution in [2.24, 2.45) is 0 Å². The maximum Gasteiger partial charge on any atom is 0.236 e. The number of rotatable bonds is 6. The van der Waals surface area contributed by atoms with Gasteiger partial charge in [-0.25, -0.2) is 0 Å². The van der Waals surface area contributed by atoms with E-state index in [0.717, 1.165) is 12.8 Å². The molecule has 0 radical (unpaired) electrons. The molecule has 27 heavy (non-hydrogen) atoms. The number of carbonyl (C=O) groups is 2. The maximum absolute atomic E-state index is 12.5. The number of amides is 2. The second-order valence-corrected chi connectivity index (χ2v) is 8.01. The smallest absolute Gasteiger partial charge is 0.236 e. The van der Waals surface area contributed by atoms with Gasteiger partial charge >= 0.3 is 0 Å². The van der Waals surface area contributed by atoms with Crippen LogP contribution < -0.4 is 5.32 Å². The molecule has 1 saturated carbocycles. The number of nitrogens with zero attached hydrogens (tertiary/aromatic N) is 2. The maximum atomic E-state index is 12.5. The molecule has 1 aromatic carbocycles. The molecule has 3 atom stereocenters. The quantitative estimate of drug-likeness (QED) is 0.737. The molecule has 1 aromatic rings. The van der Waals surface area contributed by atoms with Crippen molar-refractivity contribution in [1.82, 2.24) is 15.1 Å². The van der Waals surface area contributed by atoms with Crippen molar-refractivity contribution in [2.45, 2.75) is 50.2 Å². The van der Waals surface area contributed by atoms with Crippen LogP contribution in [-0.4, -0.2) is 73.1 Å². The molecule has 1 aliphatic rings. The van der Waals surface area contributed by atoms with Gasteiger partial charge in [-0.1, -0.05) is 30.3 Å². The highest BCUT2D eigenvalue weighted by molar-refractivity contribution is 5.78. The minimum Gasteiger partial charge on any atom is -0.391 e. The summed E-state index contributed by atoms with van der Waals surface area (Å²) in [6.07, 6.45) is 2.30. The van der Waals surface area contributed by atoms with Crippen molar-refractivity contribution in [2.75, 3.05) is 34.2 Å². The summed E-state index contributed by atoms with van der Waals surface area (Å²) in [5, 5.41) is 13.7. The molecule has 6 heteroatoms. The summed E-state index contributed by atoms with van der Waals surface area (Å²) < 4.78 is 0. The fourth-order valence-electron chi connectivity index (χ4n) is 4.03. The zero-order valence-electron chi connectivity index (χ0n) is 16.9. The van der Waals surface area contributed by atoms with E-state index in [4.69, 9.17) is 0 Å². The van der Waals surface area contributed by atoms with E-state index in [9.17, 15) is 14.7 Å². The van der Waals surface area contributed by atoms with Crippen LogP contribution in [0.2, 0.25) is 0 Å². The molecule has 0 bridgehead atoms. The molecular formula is C21H33N3O3. The number of hydrogen-bond acceptors (Lipinski definition) is 4. The normalized spacial score (nSPS) is 25.7. The Morgan fingerprint density at radius 3 is 2.37 bits per heavy atom. The zero-order chi connectivity index (χ0) is 20.0. The average molecular weight is 376 g/mol. The molecule has 0 aromatic heterocycles. The molecule has 0 aliphatic heterocycles. The van der Waals surface area contributed by atoms with Gasteiger partial charge in [0.05, 0.1) is 18.7 Å². The van der Waals surface area contributed by atoms with Crippen LogP contribution in [0.4, 0.5) is 0 Å². The average Bonchev–Trinajstić information content (AvgIpc) is 2.79. The van der Waals surface area contributed by atoms with Gasteiger partial charge in [0.15, 0.2) is 0 Å². The highest BCUT2D eigenvalue weighted by Crippen LogP contribution is 2.39. The van der Waals surface area contributed by atoms with Gasteiger partial charge in [-0.05, 0) is 45.3 Å². The second-order valence-electron chi connectivity index (χ2n) is 8.01. The highest BCUT2D eigenvalue weighted by atomic mass is 16.3. The van der Waals surface area contributed by atoms with E-state index >= 15 is 0 Å². The molecule has 0 spiro atoms. The van der Waals surface area contributed by atoms with Gasteiger partial charge in [-0.3, -0.25) is 9.59 Å². The lowest BCUT2D eigenvalue weighted by atomic mass is 9.74. The topological polar surface area (TPSA) is 72.9 Å². The third-order valence-electron chi connectivity index (χ3n) is 5.69. The van der Waals surface area contributed by atoms with Gasteiger partial charge in [0, 0.05) is 25.9 Å². The van der Waals surface area contributed by atoms with Crippen LogP contribution >= 0.6 is 0 Å². The minimum absolute atomic E-state index is 0.0122. The molecule has 2 rings (SSSR count). The molecule has 2 amide bonds. The predicted molar refractivity (Wildman–Crippen MR) is 106 cm³/mol. The van der Waals surface area contributed by atoms with Gasteiger partial charge in [-0.2, -0.15) is 0 Å². The summed E-state index contributed by atoms with van der Waals surface area (Å²) in [7, 11) is 5.51. The van der Waals surface area contributed by atoms with Crippen molar-refractivity contribution in [3.8, 4) is 0 Å². The Bertz CT molecular complexity index is 635. The van der Waals surface area contributed by atoms with E-state index in [2.05, 4.69) is 17.4 Å². The largest absolute Gasteiger partial charge is 0.391 e. The van der Waals surface area contributed by atoms with Crippen molar-refractivity contribution in [3.63, 3.8) is 0 Å². The number of hydrogen-bond donors (Lipinski definition) is 2. The second kappa shape index (κ2) is 9.33. The fraction of sp³-hybridized carbons (Fsp3) is 0.619. The molecule has 6 nitrogen and oxygen atoms in total. The van der Waals surface area contributed by atoms with Crippen LogP contribution in [0.25, 0.3) is 0 Å². The van der Waals surface area contributed by atoms with Crippen LogP contribution in [-0.2, 0) is 15.0 Å². The first-order valence-electron chi connectivity index (χ1n) is 9.63. The van der Waals surface area contributed by atoms with Gasteiger partial charge in [-0.15, -0.1) is 0 Å². The van der Waals surface area contributed by atoms with Crippen molar-refractivity contribution < 1.29 is 14.7 Å². The Hall–Kier alpha value is -1.92. The fourth-order valence-corrected chi connectivity index (χ4v) is 4.03. The number of carbonyl (C=O) groups excluding carboxylic acids is 2. The number of aliphatic hydroxyl groups excluding tert-OH is 1. The lowest BCUT2D eigenvalue weighted by Crippen LogP contribution is -2.47. The van der Waals surface area contributed by atoms with Crippen molar-refractivity contribution in [3.05, 3.63) is 35.9 Å². The Kier molecular flexibility index (Phi) is 7.39.